The van der Waals surface area contributed by atoms with Crippen LogP contribution in [0, 0.1) is 0 Å². The second-order valence-electron chi connectivity index (χ2n) is 7.12. The van der Waals surface area contributed by atoms with E-state index in [1.807, 2.05) is 6.07 Å². The lowest BCUT2D eigenvalue weighted by atomic mass is 10.1. The van der Waals surface area contributed by atoms with E-state index >= 15 is 0 Å². The zero-order valence-corrected chi connectivity index (χ0v) is 17.7. The lowest BCUT2D eigenvalue weighted by molar-refractivity contribution is -0.143. The van der Waals surface area contributed by atoms with Crippen LogP contribution in [0.4, 0.5) is 0 Å². The minimum absolute atomic E-state index is 0.0557. The number of hydrogen-bond donors (Lipinski definition) is 0. The van der Waals surface area contributed by atoms with Crippen LogP contribution in [0.5, 0.6) is 11.5 Å². The van der Waals surface area contributed by atoms with E-state index in [0.29, 0.717) is 33.5 Å². The van der Waals surface area contributed by atoms with E-state index in [4.69, 9.17) is 32.7 Å². The lowest BCUT2D eigenvalue weighted by Gasteiger charge is -2.34. The van der Waals surface area contributed by atoms with Gasteiger partial charge in [-0.1, -0.05) is 41.4 Å². The van der Waals surface area contributed by atoms with E-state index in [0.717, 1.165) is 0 Å². The van der Waals surface area contributed by atoms with E-state index < -0.39 is 22.0 Å². The Labute approximate surface area is 179 Å². The largest absolute Gasteiger partial charge is 0.485 e. The fourth-order valence-electron chi connectivity index (χ4n) is 3.57. The Balaban J connectivity index is 1.60. The molecule has 0 aromatic heterocycles. The summed E-state index contributed by atoms with van der Waals surface area (Å²) in [5, 5.41) is 0.906. The normalized spacial score (nSPS) is 22.3. The molecule has 2 aromatic carbocycles. The fraction of sp³-hybridized carbons (Fsp3) is 0.350. The van der Waals surface area contributed by atoms with Crippen molar-refractivity contribution in [1.29, 1.82) is 0 Å². The van der Waals surface area contributed by atoms with Crippen molar-refractivity contribution in [3.05, 3.63) is 58.1 Å². The van der Waals surface area contributed by atoms with Crippen molar-refractivity contribution < 1.29 is 22.7 Å². The van der Waals surface area contributed by atoms with Gasteiger partial charge >= 0.3 is 0 Å². The molecule has 0 saturated carbocycles. The molecule has 0 radical (unpaired) electrons. The first-order chi connectivity index (χ1) is 13.8. The van der Waals surface area contributed by atoms with E-state index in [9.17, 15) is 13.2 Å². The molecular formula is C20H19Cl2NO5S. The van der Waals surface area contributed by atoms with Gasteiger partial charge in [0.05, 0.1) is 11.5 Å². The van der Waals surface area contributed by atoms with Crippen LogP contribution in [0.15, 0.2) is 42.5 Å². The van der Waals surface area contributed by atoms with Gasteiger partial charge in [0.1, 0.15) is 6.61 Å². The molecule has 0 bridgehead atoms. The number of benzene rings is 2. The number of ether oxygens (including phenoxy) is 2. The summed E-state index contributed by atoms with van der Waals surface area (Å²) in [6.07, 6.45) is -0.483. The number of sulfone groups is 1. The summed E-state index contributed by atoms with van der Waals surface area (Å²) in [6, 6.07) is 11.7. The van der Waals surface area contributed by atoms with Gasteiger partial charge in [0.15, 0.2) is 21.3 Å². The monoisotopic (exact) mass is 455 g/mol. The van der Waals surface area contributed by atoms with Gasteiger partial charge in [0.2, 0.25) is 6.10 Å². The number of carbonyl (C=O) groups excluding carboxylic acids is 1. The Morgan fingerprint density at radius 3 is 2.59 bits per heavy atom. The number of hydrogen-bond acceptors (Lipinski definition) is 5. The van der Waals surface area contributed by atoms with Gasteiger partial charge in [-0.3, -0.25) is 4.79 Å². The molecule has 4 rings (SSSR count). The van der Waals surface area contributed by atoms with Gasteiger partial charge in [-0.05, 0) is 36.2 Å². The standard InChI is InChI=1S/C20H19Cl2NO5S/c21-14-6-5-13(16(22)9-14)10-23(15-7-8-29(25,26)12-15)20(24)19-11-27-17-3-1-2-4-18(17)28-19/h1-6,9,15,19H,7-8,10-12H2. The van der Waals surface area contributed by atoms with Crippen LogP contribution >= 0.6 is 23.2 Å². The van der Waals surface area contributed by atoms with Crippen LogP contribution in [0.3, 0.4) is 0 Å². The zero-order chi connectivity index (χ0) is 20.6. The molecule has 2 heterocycles. The van der Waals surface area contributed by atoms with Crippen LogP contribution < -0.4 is 9.47 Å². The van der Waals surface area contributed by atoms with Crippen LogP contribution in [0.25, 0.3) is 0 Å². The highest BCUT2D eigenvalue weighted by Crippen LogP contribution is 2.32. The molecule has 9 heteroatoms. The predicted molar refractivity (Wildman–Crippen MR) is 110 cm³/mol. The lowest BCUT2D eigenvalue weighted by Crippen LogP contribution is -2.50. The van der Waals surface area contributed by atoms with Crippen molar-refractivity contribution in [2.45, 2.75) is 25.1 Å². The number of carbonyl (C=O) groups is 1. The summed E-state index contributed by atoms with van der Waals surface area (Å²) < 4.78 is 35.6. The Morgan fingerprint density at radius 2 is 1.90 bits per heavy atom. The van der Waals surface area contributed by atoms with Gasteiger partial charge in [0.25, 0.3) is 5.91 Å². The van der Waals surface area contributed by atoms with Gasteiger partial charge in [-0.25, -0.2) is 8.42 Å². The highest BCUT2D eigenvalue weighted by molar-refractivity contribution is 7.91. The maximum atomic E-state index is 13.3. The average Bonchev–Trinajstić information content (AvgIpc) is 3.06. The molecule has 2 atom stereocenters. The third-order valence-electron chi connectivity index (χ3n) is 5.07. The molecule has 0 spiro atoms. The molecule has 0 N–H and O–H groups in total. The molecule has 1 saturated heterocycles. The van der Waals surface area contributed by atoms with Crippen molar-refractivity contribution in [1.82, 2.24) is 4.90 Å². The van der Waals surface area contributed by atoms with Crippen molar-refractivity contribution in [3.63, 3.8) is 0 Å². The Morgan fingerprint density at radius 1 is 1.14 bits per heavy atom. The van der Waals surface area contributed by atoms with Crippen molar-refractivity contribution in [2.75, 3.05) is 18.1 Å². The number of halogens is 2. The van der Waals surface area contributed by atoms with E-state index in [1.165, 1.54) is 0 Å². The Hall–Kier alpha value is -1.96. The van der Waals surface area contributed by atoms with E-state index in [1.54, 1.807) is 41.3 Å². The minimum atomic E-state index is -3.18. The summed E-state index contributed by atoms with van der Waals surface area (Å²) in [4.78, 5) is 14.9. The second kappa shape index (κ2) is 8.05. The topological polar surface area (TPSA) is 72.9 Å². The quantitative estimate of drug-likeness (QED) is 0.706. The van der Waals surface area contributed by atoms with Gasteiger partial charge in [-0.15, -0.1) is 0 Å². The third kappa shape index (κ3) is 4.47. The summed E-state index contributed by atoms with van der Waals surface area (Å²) in [5.41, 5.74) is 0.686. The fourth-order valence-corrected chi connectivity index (χ4v) is 5.77. The predicted octanol–water partition coefficient (Wildman–Crippen LogP) is 3.35. The maximum Gasteiger partial charge on any atom is 0.267 e. The maximum absolute atomic E-state index is 13.3. The molecule has 0 aliphatic carbocycles. The highest BCUT2D eigenvalue weighted by atomic mass is 35.5. The summed E-state index contributed by atoms with van der Waals surface area (Å²) in [5.74, 6) is 0.718. The SMILES string of the molecule is O=C(C1COc2ccccc2O1)N(Cc1ccc(Cl)cc1Cl)C1CCS(=O)(=O)C1. The van der Waals surface area contributed by atoms with E-state index in [2.05, 4.69) is 0 Å². The third-order valence-corrected chi connectivity index (χ3v) is 7.41. The Bertz CT molecular complexity index is 1040. The van der Waals surface area contributed by atoms with Crippen LogP contribution in [-0.4, -0.2) is 49.5 Å². The average molecular weight is 456 g/mol. The zero-order valence-electron chi connectivity index (χ0n) is 15.4. The Kier molecular flexibility index (Phi) is 5.64. The highest BCUT2D eigenvalue weighted by Gasteiger charge is 2.39. The number of amides is 1. The van der Waals surface area contributed by atoms with Crippen LogP contribution in [-0.2, 0) is 21.2 Å². The summed E-state index contributed by atoms with van der Waals surface area (Å²) in [6.45, 7) is 0.219. The van der Waals surface area contributed by atoms with E-state index in [-0.39, 0.29) is 30.6 Å². The molecule has 29 heavy (non-hydrogen) atoms. The first-order valence-corrected chi connectivity index (χ1v) is 11.7. The smallest absolute Gasteiger partial charge is 0.267 e. The summed E-state index contributed by atoms with van der Waals surface area (Å²) >= 11 is 12.3. The molecule has 2 aromatic rings. The van der Waals surface area contributed by atoms with Gasteiger partial charge in [0, 0.05) is 22.6 Å². The number of rotatable bonds is 4. The molecule has 2 aliphatic rings. The van der Waals surface area contributed by atoms with Gasteiger partial charge < -0.3 is 14.4 Å². The van der Waals surface area contributed by atoms with Crippen LogP contribution in [0.2, 0.25) is 10.0 Å². The molecule has 2 unspecified atom stereocenters. The number of nitrogens with zero attached hydrogens (tertiary/aromatic N) is 1. The first kappa shape index (κ1) is 20.3. The number of fused-ring (bicyclic) bond motifs is 1. The molecule has 6 nitrogen and oxygen atoms in total. The van der Waals surface area contributed by atoms with Crippen molar-refractivity contribution in [2.24, 2.45) is 0 Å². The minimum Gasteiger partial charge on any atom is -0.485 e. The number of para-hydroxylation sites is 2. The molecule has 154 valence electrons. The molecule has 1 amide bonds. The van der Waals surface area contributed by atoms with Crippen molar-refractivity contribution >= 4 is 38.9 Å². The second-order valence-corrected chi connectivity index (χ2v) is 10.2. The first-order valence-electron chi connectivity index (χ1n) is 9.16. The molecular weight excluding hydrogens is 437 g/mol. The van der Waals surface area contributed by atoms with Crippen LogP contribution in [0.1, 0.15) is 12.0 Å². The summed E-state index contributed by atoms with van der Waals surface area (Å²) in [7, 11) is -3.18. The van der Waals surface area contributed by atoms with Gasteiger partial charge in [-0.2, -0.15) is 0 Å². The van der Waals surface area contributed by atoms with Crippen molar-refractivity contribution in [3.8, 4) is 11.5 Å². The molecule has 1 fully saturated rings. The molecule has 2 aliphatic heterocycles.